The van der Waals surface area contributed by atoms with Crippen LogP contribution in [0.2, 0.25) is 0 Å². The molecule has 0 aromatic carbocycles. The van der Waals surface area contributed by atoms with Gasteiger partial charge in [0, 0.05) is 30.8 Å². The highest BCUT2D eigenvalue weighted by Gasteiger charge is 2.34. The summed E-state index contributed by atoms with van der Waals surface area (Å²) in [6.45, 7) is 4.44. The molecular weight excluding hydrogens is 302 g/mol. The van der Waals surface area contributed by atoms with Gasteiger partial charge in [0.05, 0.1) is 23.2 Å². The van der Waals surface area contributed by atoms with Crippen LogP contribution >= 0.6 is 0 Å². The Labute approximate surface area is 131 Å². The molecule has 0 bridgehead atoms. The van der Waals surface area contributed by atoms with E-state index in [4.69, 9.17) is 0 Å². The van der Waals surface area contributed by atoms with Gasteiger partial charge in [-0.1, -0.05) is 0 Å². The molecule has 122 valence electrons. The van der Waals surface area contributed by atoms with E-state index in [-0.39, 0.29) is 29.4 Å². The quantitative estimate of drug-likeness (QED) is 0.834. The molecule has 2 heterocycles. The first-order valence-electron chi connectivity index (χ1n) is 7.78. The minimum atomic E-state index is -2.93. The van der Waals surface area contributed by atoms with Crippen molar-refractivity contribution in [3.8, 4) is 0 Å². The lowest BCUT2D eigenvalue weighted by Gasteiger charge is -2.18. The van der Waals surface area contributed by atoms with Gasteiger partial charge in [0.15, 0.2) is 9.84 Å². The summed E-state index contributed by atoms with van der Waals surface area (Å²) in [4.78, 5) is 13.9. The molecule has 0 N–H and O–H groups in total. The van der Waals surface area contributed by atoms with Crippen molar-refractivity contribution in [2.24, 2.45) is 5.92 Å². The molecule has 3 rings (SSSR count). The summed E-state index contributed by atoms with van der Waals surface area (Å²) in [6.07, 6.45) is 2.63. The maximum absolute atomic E-state index is 12.1. The highest BCUT2D eigenvalue weighted by Crippen LogP contribution is 2.32. The van der Waals surface area contributed by atoms with E-state index in [2.05, 4.69) is 5.10 Å². The number of carbonyl (C=O) groups excluding carboxylic acids is 1. The fourth-order valence-corrected chi connectivity index (χ4v) is 4.90. The third kappa shape index (κ3) is 2.91. The second-order valence-corrected chi connectivity index (χ2v) is 8.85. The van der Waals surface area contributed by atoms with E-state index in [0.717, 1.165) is 29.8 Å². The first kappa shape index (κ1) is 15.5. The Bertz CT molecular complexity index is 704. The van der Waals surface area contributed by atoms with E-state index in [9.17, 15) is 13.2 Å². The van der Waals surface area contributed by atoms with Gasteiger partial charge in [0.25, 0.3) is 0 Å². The van der Waals surface area contributed by atoms with Crippen molar-refractivity contribution in [3.63, 3.8) is 0 Å². The maximum Gasteiger partial charge on any atom is 0.225 e. The smallest absolute Gasteiger partial charge is 0.225 e. The molecule has 1 aromatic rings. The van der Waals surface area contributed by atoms with Crippen molar-refractivity contribution in [1.82, 2.24) is 14.7 Å². The third-order valence-electron chi connectivity index (χ3n) is 4.73. The number of hydrogen-bond acceptors (Lipinski definition) is 4. The van der Waals surface area contributed by atoms with Gasteiger partial charge in [-0.05, 0) is 33.1 Å². The van der Waals surface area contributed by atoms with Gasteiger partial charge in [-0.15, -0.1) is 0 Å². The number of rotatable bonds is 4. The van der Waals surface area contributed by atoms with Crippen molar-refractivity contribution in [2.45, 2.75) is 45.7 Å². The zero-order chi connectivity index (χ0) is 16.1. The van der Waals surface area contributed by atoms with E-state index in [0.29, 0.717) is 13.0 Å². The predicted molar refractivity (Wildman–Crippen MR) is 83.2 cm³/mol. The summed E-state index contributed by atoms with van der Waals surface area (Å²) < 4.78 is 25.2. The second kappa shape index (κ2) is 5.37. The van der Waals surface area contributed by atoms with Crippen LogP contribution < -0.4 is 0 Å². The van der Waals surface area contributed by atoms with Crippen LogP contribution in [-0.2, 0) is 21.2 Å². The number of hydrogen-bond donors (Lipinski definition) is 0. The first-order valence-corrected chi connectivity index (χ1v) is 9.60. The predicted octanol–water partition coefficient (Wildman–Crippen LogP) is 1.23. The van der Waals surface area contributed by atoms with Crippen molar-refractivity contribution in [1.29, 1.82) is 0 Å². The van der Waals surface area contributed by atoms with Gasteiger partial charge in [-0.25, -0.2) is 8.42 Å². The fourth-order valence-electron chi connectivity index (χ4n) is 3.21. The van der Waals surface area contributed by atoms with Crippen LogP contribution in [-0.4, -0.2) is 47.6 Å². The lowest BCUT2D eigenvalue weighted by molar-refractivity contribution is -0.131. The van der Waals surface area contributed by atoms with Crippen LogP contribution in [0, 0.1) is 19.8 Å². The fraction of sp³-hybridized carbons (Fsp3) is 0.733. The Kier molecular flexibility index (Phi) is 3.79. The summed E-state index contributed by atoms with van der Waals surface area (Å²) in [6, 6.07) is -0.0677. The number of nitrogens with zero attached hydrogens (tertiary/aromatic N) is 3. The summed E-state index contributed by atoms with van der Waals surface area (Å²) in [5, 5.41) is 4.54. The monoisotopic (exact) mass is 325 g/mol. The van der Waals surface area contributed by atoms with Crippen LogP contribution in [0.4, 0.5) is 0 Å². The topological polar surface area (TPSA) is 72.3 Å². The Morgan fingerprint density at radius 1 is 1.32 bits per heavy atom. The van der Waals surface area contributed by atoms with E-state index in [1.165, 1.54) is 0 Å². The Morgan fingerprint density at radius 2 is 2.00 bits per heavy atom. The van der Waals surface area contributed by atoms with Gasteiger partial charge in [-0.3, -0.25) is 9.48 Å². The number of amides is 1. The molecule has 0 radical (unpaired) electrons. The summed E-state index contributed by atoms with van der Waals surface area (Å²) >= 11 is 0. The van der Waals surface area contributed by atoms with Gasteiger partial charge in [0.1, 0.15) is 0 Å². The molecule has 0 unspecified atom stereocenters. The largest absolute Gasteiger partial charge is 0.341 e. The van der Waals surface area contributed by atoms with Crippen molar-refractivity contribution in [3.05, 3.63) is 17.0 Å². The molecule has 1 saturated carbocycles. The lowest BCUT2D eigenvalue weighted by Crippen LogP contribution is -2.28. The van der Waals surface area contributed by atoms with Crippen LogP contribution in [0.15, 0.2) is 0 Å². The SMILES string of the molecule is Cc1nn([C@H]2CCS(=O)(=O)C2)c(C)c1CN(C)C(=O)C1CC1. The van der Waals surface area contributed by atoms with Crippen LogP contribution in [0.1, 0.15) is 42.3 Å². The summed E-state index contributed by atoms with van der Waals surface area (Å²) in [7, 11) is -1.10. The molecular formula is C15H23N3O3S. The Balaban J connectivity index is 1.79. The molecule has 2 fully saturated rings. The molecule has 1 aliphatic carbocycles. The molecule has 0 spiro atoms. The zero-order valence-electron chi connectivity index (χ0n) is 13.4. The lowest BCUT2D eigenvalue weighted by atomic mass is 10.1. The van der Waals surface area contributed by atoms with Crippen LogP contribution in [0.5, 0.6) is 0 Å². The zero-order valence-corrected chi connectivity index (χ0v) is 14.2. The molecule has 7 heteroatoms. The van der Waals surface area contributed by atoms with Gasteiger partial charge in [-0.2, -0.15) is 5.10 Å². The molecule has 6 nitrogen and oxygen atoms in total. The van der Waals surface area contributed by atoms with E-state index < -0.39 is 9.84 Å². The average molecular weight is 325 g/mol. The highest BCUT2D eigenvalue weighted by molar-refractivity contribution is 7.91. The highest BCUT2D eigenvalue weighted by atomic mass is 32.2. The first-order chi connectivity index (χ1) is 10.3. The van der Waals surface area contributed by atoms with E-state index in [1.54, 1.807) is 4.90 Å². The molecule has 1 atom stereocenters. The summed E-state index contributed by atoms with van der Waals surface area (Å²) in [5.74, 6) is 0.826. The van der Waals surface area contributed by atoms with E-state index in [1.807, 2.05) is 25.6 Å². The molecule has 1 amide bonds. The second-order valence-electron chi connectivity index (χ2n) is 6.62. The van der Waals surface area contributed by atoms with Crippen LogP contribution in [0.3, 0.4) is 0 Å². The minimum Gasteiger partial charge on any atom is -0.341 e. The summed E-state index contributed by atoms with van der Waals surface area (Å²) in [5.41, 5.74) is 2.91. The van der Waals surface area contributed by atoms with Crippen LogP contribution in [0.25, 0.3) is 0 Å². The number of sulfone groups is 1. The molecule has 1 aliphatic heterocycles. The Hall–Kier alpha value is -1.37. The van der Waals surface area contributed by atoms with Crippen molar-refractivity contribution >= 4 is 15.7 Å². The molecule has 2 aliphatic rings. The number of aromatic nitrogens is 2. The maximum atomic E-state index is 12.1. The molecule has 22 heavy (non-hydrogen) atoms. The number of carbonyl (C=O) groups is 1. The average Bonchev–Trinajstić information content (AvgIpc) is 3.18. The van der Waals surface area contributed by atoms with Gasteiger partial charge >= 0.3 is 0 Å². The number of aryl methyl sites for hydroxylation is 1. The van der Waals surface area contributed by atoms with Gasteiger partial charge < -0.3 is 4.90 Å². The molecule has 1 aromatic heterocycles. The molecule has 1 saturated heterocycles. The standard InChI is InChI=1S/C15H23N3O3S/c1-10-14(8-17(3)15(19)12-4-5-12)11(2)18(16-10)13-6-7-22(20,21)9-13/h12-13H,4-9H2,1-3H3/t13-/m0/s1. The van der Waals surface area contributed by atoms with E-state index >= 15 is 0 Å². The van der Waals surface area contributed by atoms with Gasteiger partial charge in [0.2, 0.25) is 5.91 Å². The minimum absolute atomic E-state index is 0.0677. The normalized spacial score (nSPS) is 23.7. The third-order valence-corrected chi connectivity index (χ3v) is 6.48. The Morgan fingerprint density at radius 3 is 2.55 bits per heavy atom. The van der Waals surface area contributed by atoms with Crippen molar-refractivity contribution < 1.29 is 13.2 Å². The van der Waals surface area contributed by atoms with Crippen molar-refractivity contribution in [2.75, 3.05) is 18.6 Å².